The van der Waals surface area contributed by atoms with Gasteiger partial charge in [0.2, 0.25) is 0 Å². The van der Waals surface area contributed by atoms with Crippen LogP contribution in [-0.4, -0.2) is 17.3 Å². The number of ketones is 3. The van der Waals surface area contributed by atoms with Crippen molar-refractivity contribution in [3.05, 3.63) is 33.9 Å². The normalized spacial score (nSPS) is 16.9. The summed E-state index contributed by atoms with van der Waals surface area (Å²) in [5.74, 6) is 1.69. The summed E-state index contributed by atoms with van der Waals surface area (Å²) in [7, 11) is 0. The van der Waals surface area contributed by atoms with Gasteiger partial charge in [-0.05, 0) is 85.5 Å². The summed E-state index contributed by atoms with van der Waals surface area (Å²) in [5.41, 5.74) is 6.08. The lowest BCUT2D eigenvalue weighted by Crippen LogP contribution is -2.30. The van der Waals surface area contributed by atoms with Crippen LogP contribution in [0, 0.1) is 30.6 Å². The van der Waals surface area contributed by atoms with Crippen LogP contribution < -0.4 is 0 Å². The van der Waals surface area contributed by atoms with Crippen LogP contribution in [0.1, 0.15) is 146 Å². The molecule has 1 aromatic carbocycles. The van der Waals surface area contributed by atoms with E-state index < -0.39 is 0 Å². The van der Waals surface area contributed by atoms with Crippen LogP contribution in [0.15, 0.2) is 6.07 Å². The molecule has 0 aromatic heterocycles. The lowest BCUT2D eigenvalue weighted by molar-refractivity contribution is -0.129. The zero-order valence-electron chi connectivity index (χ0n) is 25.1. The minimum absolute atomic E-state index is 0.0421. The number of benzene rings is 1. The molecule has 0 fully saturated rings. The van der Waals surface area contributed by atoms with Gasteiger partial charge in [-0.15, -0.1) is 0 Å². The van der Waals surface area contributed by atoms with Crippen LogP contribution in [0.5, 0.6) is 0 Å². The highest BCUT2D eigenvalue weighted by Gasteiger charge is 2.34. The average Bonchev–Trinajstić information content (AvgIpc) is 2.75. The molecule has 0 bridgehead atoms. The molecule has 3 nitrogen and oxygen atoms in total. The fourth-order valence-electron chi connectivity index (χ4n) is 6.05. The van der Waals surface area contributed by atoms with E-state index in [4.69, 9.17) is 0 Å². The molecule has 0 N–H and O–H groups in total. The number of fused-ring (bicyclic) bond motifs is 1. The zero-order chi connectivity index (χ0) is 27.6. The summed E-state index contributed by atoms with van der Waals surface area (Å²) < 4.78 is 0. The molecule has 0 aliphatic heterocycles. The van der Waals surface area contributed by atoms with Gasteiger partial charge in [0.05, 0.1) is 6.42 Å². The molecule has 36 heavy (non-hydrogen) atoms. The second-order valence-corrected chi connectivity index (χ2v) is 11.9. The first-order valence-electron chi connectivity index (χ1n) is 14.6. The highest BCUT2D eigenvalue weighted by molar-refractivity contribution is 6.01. The van der Waals surface area contributed by atoms with Crippen molar-refractivity contribution in [2.75, 3.05) is 0 Å². The second kappa shape index (κ2) is 15.5. The Kier molecular flexibility index (Phi) is 13.9. The van der Waals surface area contributed by atoms with Crippen molar-refractivity contribution in [2.45, 2.75) is 133 Å². The van der Waals surface area contributed by atoms with E-state index in [0.717, 1.165) is 44.1 Å². The summed E-state index contributed by atoms with van der Waals surface area (Å²) in [5, 5.41) is 0. The van der Waals surface area contributed by atoms with Gasteiger partial charge in [0.1, 0.15) is 11.6 Å². The fourth-order valence-corrected chi connectivity index (χ4v) is 6.05. The number of carbonyl (C=O) groups is 3. The van der Waals surface area contributed by atoms with E-state index in [2.05, 4.69) is 68.4 Å². The Morgan fingerprint density at radius 3 is 2.11 bits per heavy atom. The second-order valence-electron chi connectivity index (χ2n) is 11.9. The molecule has 1 aliphatic rings. The molecule has 3 unspecified atom stereocenters. The Morgan fingerprint density at radius 2 is 1.64 bits per heavy atom. The molecular weight excluding hydrogens is 444 g/mol. The highest BCUT2D eigenvalue weighted by Crippen LogP contribution is 2.40. The van der Waals surface area contributed by atoms with Gasteiger partial charge < -0.3 is 0 Å². The van der Waals surface area contributed by atoms with E-state index in [0.29, 0.717) is 18.3 Å². The van der Waals surface area contributed by atoms with E-state index in [1.807, 2.05) is 0 Å². The molecule has 0 saturated heterocycles. The van der Waals surface area contributed by atoms with Crippen LogP contribution in [0.2, 0.25) is 0 Å². The number of carbonyl (C=O) groups excluding carboxylic acids is 3. The van der Waals surface area contributed by atoms with E-state index in [-0.39, 0.29) is 41.5 Å². The molecule has 2 rings (SSSR count). The molecule has 0 saturated carbocycles. The number of rotatable bonds is 12. The Balaban J connectivity index is 0.00000205. The van der Waals surface area contributed by atoms with Crippen LogP contribution >= 0.6 is 0 Å². The smallest absolute Gasteiger partial charge is 0.163 e. The Morgan fingerprint density at radius 1 is 1.03 bits per heavy atom. The maximum absolute atomic E-state index is 13.5. The SMILES string of the molecule is CCC.CCCC(CC1CC(=O)c2c(C)c(CC(C)C)cc(C(C)C)c2C1)C(CC)C(=O)CC(C)=O. The Bertz CT molecular complexity index is 877. The standard InChI is InChI=1S/C30H46O3.C3H8/c1-9-11-23(25(10-2)28(32)13-20(7)31)14-22-15-27-26(19(5)6)17-24(12-18(3)4)21(8)30(27)29(33)16-22;1-3-2/h17-19,22-23,25H,9-16H2,1-8H3;3H2,1-2H3. The van der Waals surface area contributed by atoms with Crippen LogP contribution in [0.25, 0.3) is 0 Å². The predicted molar refractivity (Wildman–Crippen MR) is 153 cm³/mol. The van der Waals surface area contributed by atoms with Crippen molar-refractivity contribution in [3.63, 3.8) is 0 Å². The first kappa shape index (κ1) is 32.3. The minimum atomic E-state index is -0.0786. The number of Topliss-reactive ketones (excluding diaryl/α,β-unsaturated/α-hetero) is 3. The van der Waals surface area contributed by atoms with E-state index in [1.54, 1.807) is 0 Å². The third kappa shape index (κ3) is 8.96. The van der Waals surface area contributed by atoms with Crippen molar-refractivity contribution < 1.29 is 14.4 Å². The van der Waals surface area contributed by atoms with Gasteiger partial charge in [0.15, 0.2) is 5.78 Å². The highest BCUT2D eigenvalue weighted by atomic mass is 16.1. The fraction of sp³-hybridized carbons (Fsp3) is 0.727. The van der Waals surface area contributed by atoms with Crippen LogP contribution in [-0.2, 0) is 22.4 Å². The Hall–Kier alpha value is -1.77. The molecule has 0 amide bonds. The first-order chi connectivity index (χ1) is 16.9. The molecule has 0 heterocycles. The van der Waals surface area contributed by atoms with Gasteiger partial charge in [-0.25, -0.2) is 0 Å². The molecule has 0 radical (unpaired) electrons. The Labute approximate surface area is 222 Å². The van der Waals surface area contributed by atoms with Gasteiger partial charge in [-0.2, -0.15) is 0 Å². The quantitative estimate of drug-likeness (QED) is 0.270. The monoisotopic (exact) mass is 498 g/mol. The first-order valence-corrected chi connectivity index (χ1v) is 14.6. The van der Waals surface area contributed by atoms with Crippen molar-refractivity contribution in [3.8, 4) is 0 Å². The summed E-state index contributed by atoms with van der Waals surface area (Å²) in [4.78, 5) is 37.9. The minimum Gasteiger partial charge on any atom is -0.300 e. The van der Waals surface area contributed by atoms with Gasteiger partial charge >= 0.3 is 0 Å². The van der Waals surface area contributed by atoms with Crippen molar-refractivity contribution in [2.24, 2.45) is 23.7 Å². The summed E-state index contributed by atoms with van der Waals surface area (Å²) in [6, 6.07) is 2.36. The van der Waals surface area contributed by atoms with Crippen molar-refractivity contribution >= 4 is 17.3 Å². The molecule has 0 spiro atoms. The number of hydrogen-bond donors (Lipinski definition) is 0. The molecule has 3 atom stereocenters. The molecule has 3 heteroatoms. The molecule has 204 valence electrons. The number of hydrogen-bond acceptors (Lipinski definition) is 3. The third-order valence-electron chi connectivity index (χ3n) is 7.47. The summed E-state index contributed by atoms with van der Waals surface area (Å²) in [6.45, 7) is 21.0. The molecule has 1 aliphatic carbocycles. The zero-order valence-corrected chi connectivity index (χ0v) is 25.1. The van der Waals surface area contributed by atoms with Crippen LogP contribution in [0.4, 0.5) is 0 Å². The molecular formula is C33H54O3. The average molecular weight is 499 g/mol. The third-order valence-corrected chi connectivity index (χ3v) is 7.47. The van der Waals surface area contributed by atoms with Crippen molar-refractivity contribution in [1.82, 2.24) is 0 Å². The summed E-state index contributed by atoms with van der Waals surface area (Å²) >= 11 is 0. The lowest BCUT2D eigenvalue weighted by atomic mass is 9.70. The van der Waals surface area contributed by atoms with Crippen molar-refractivity contribution in [1.29, 1.82) is 0 Å². The van der Waals surface area contributed by atoms with E-state index in [1.165, 1.54) is 35.6 Å². The summed E-state index contributed by atoms with van der Waals surface area (Å²) in [6.07, 6.45) is 7.45. The van der Waals surface area contributed by atoms with Crippen LogP contribution in [0.3, 0.4) is 0 Å². The van der Waals surface area contributed by atoms with Gasteiger partial charge in [0, 0.05) is 17.9 Å². The lowest BCUT2D eigenvalue weighted by Gasteiger charge is -2.33. The van der Waals surface area contributed by atoms with Gasteiger partial charge in [0.25, 0.3) is 0 Å². The topological polar surface area (TPSA) is 51.2 Å². The maximum Gasteiger partial charge on any atom is 0.163 e. The van der Waals surface area contributed by atoms with E-state index in [9.17, 15) is 14.4 Å². The largest absolute Gasteiger partial charge is 0.300 e. The molecule has 1 aromatic rings. The maximum atomic E-state index is 13.5. The van der Waals surface area contributed by atoms with E-state index >= 15 is 0 Å². The van der Waals surface area contributed by atoms with Gasteiger partial charge in [-0.1, -0.05) is 80.7 Å². The van der Waals surface area contributed by atoms with Gasteiger partial charge in [-0.3, -0.25) is 14.4 Å². The predicted octanol–water partition coefficient (Wildman–Crippen LogP) is 8.86.